The SMILES string of the molecule is [CH2-]C(=O)Nc1[c-]ccc(C=O)n1.[V+2]. The van der Waals surface area contributed by atoms with Crippen LogP contribution in [0.4, 0.5) is 5.82 Å². The molecule has 1 aromatic rings. The molecule has 0 bridgehead atoms. The zero-order valence-electron chi connectivity index (χ0n) is 6.65. The number of pyridine rings is 1. The second kappa shape index (κ2) is 5.40. The van der Waals surface area contributed by atoms with Crippen LogP contribution < -0.4 is 5.32 Å². The number of carbonyl (C=O) groups is 2. The first-order valence-corrected chi connectivity index (χ1v) is 3.19. The first-order valence-electron chi connectivity index (χ1n) is 3.19. The average molecular weight is 213 g/mol. The van der Waals surface area contributed by atoms with E-state index in [0.717, 1.165) is 0 Å². The van der Waals surface area contributed by atoms with E-state index in [2.05, 4.69) is 23.3 Å². The van der Waals surface area contributed by atoms with Crippen molar-refractivity contribution in [1.82, 2.24) is 4.98 Å². The molecule has 1 heterocycles. The molecule has 0 unspecified atom stereocenters. The molecule has 0 aliphatic carbocycles. The van der Waals surface area contributed by atoms with Gasteiger partial charge in [0.1, 0.15) is 6.29 Å². The van der Waals surface area contributed by atoms with Crippen molar-refractivity contribution in [2.24, 2.45) is 0 Å². The summed E-state index contributed by atoms with van der Waals surface area (Å²) in [5.74, 6) is -0.276. The maximum atomic E-state index is 10.4. The van der Waals surface area contributed by atoms with Crippen LogP contribution in [0.5, 0.6) is 0 Å². The van der Waals surface area contributed by atoms with Gasteiger partial charge in [-0.25, -0.2) is 12.1 Å². The molecule has 0 fully saturated rings. The van der Waals surface area contributed by atoms with Gasteiger partial charge in [0.2, 0.25) is 0 Å². The van der Waals surface area contributed by atoms with Crippen LogP contribution in [0.1, 0.15) is 10.5 Å². The van der Waals surface area contributed by atoms with Crippen molar-refractivity contribution in [3.05, 3.63) is 30.8 Å². The first kappa shape index (κ1) is 11.7. The van der Waals surface area contributed by atoms with Crippen molar-refractivity contribution in [3.63, 3.8) is 0 Å². The maximum absolute atomic E-state index is 10.4. The number of aldehydes is 1. The monoisotopic (exact) mass is 213 g/mol. The van der Waals surface area contributed by atoms with Crippen molar-refractivity contribution < 1.29 is 28.1 Å². The fourth-order valence-corrected chi connectivity index (χ4v) is 0.666. The summed E-state index contributed by atoms with van der Waals surface area (Å²) in [6, 6.07) is 5.63. The predicted molar refractivity (Wildman–Crippen MR) is 42.4 cm³/mol. The maximum Gasteiger partial charge on any atom is 2.00 e. The summed E-state index contributed by atoms with van der Waals surface area (Å²) in [5, 5.41) is 2.30. The van der Waals surface area contributed by atoms with Crippen LogP contribution in [0.2, 0.25) is 0 Å². The Labute approximate surface area is 87.6 Å². The standard InChI is InChI=1S/C8H6N2O2.V/c1-6(12)9-8-4-2-3-7(5-11)10-8;/h2-3,5H,1H2,(H,9,10,12);/q-2;+2. The third-order valence-electron chi connectivity index (χ3n) is 1.09. The zero-order chi connectivity index (χ0) is 8.97. The minimum absolute atomic E-state index is 0. The van der Waals surface area contributed by atoms with Gasteiger partial charge >= 0.3 is 18.6 Å². The van der Waals surface area contributed by atoms with Gasteiger partial charge in [-0.15, -0.1) is 0 Å². The van der Waals surface area contributed by atoms with Crippen LogP contribution in [0.25, 0.3) is 0 Å². The number of nitrogens with zero attached hydrogens (tertiary/aromatic N) is 1. The molecule has 4 nitrogen and oxygen atoms in total. The molecule has 0 aliphatic heterocycles. The Morgan fingerprint density at radius 2 is 2.38 bits per heavy atom. The summed E-state index contributed by atoms with van der Waals surface area (Å²) in [6.45, 7) is 3.09. The largest absolute Gasteiger partial charge is 2.00 e. The van der Waals surface area contributed by atoms with Crippen molar-refractivity contribution in [2.45, 2.75) is 0 Å². The Kier molecular flexibility index (Phi) is 4.88. The Morgan fingerprint density at radius 1 is 1.69 bits per heavy atom. The summed E-state index contributed by atoms with van der Waals surface area (Å²) in [4.78, 5) is 24.4. The minimum Gasteiger partial charge on any atom is -0.352 e. The molecule has 1 N–H and O–H groups in total. The van der Waals surface area contributed by atoms with Gasteiger partial charge in [-0.05, 0) is 0 Å². The van der Waals surface area contributed by atoms with E-state index in [1.807, 2.05) is 0 Å². The summed E-state index contributed by atoms with van der Waals surface area (Å²) < 4.78 is 0. The Morgan fingerprint density at radius 3 is 2.92 bits per heavy atom. The van der Waals surface area contributed by atoms with Crippen molar-refractivity contribution in [2.75, 3.05) is 5.32 Å². The summed E-state index contributed by atoms with van der Waals surface area (Å²) in [5.41, 5.74) is 0.248. The second-order valence-corrected chi connectivity index (χ2v) is 2.03. The number of hydrogen-bond donors (Lipinski definition) is 1. The summed E-state index contributed by atoms with van der Waals surface area (Å²) >= 11 is 0. The Bertz CT molecular complexity index is 315. The first-order chi connectivity index (χ1) is 5.72. The average Bonchev–Trinajstić information content (AvgIpc) is 2.03. The predicted octanol–water partition coefficient (Wildman–Crippen LogP) is 0.464. The molecule has 1 rings (SSSR count). The normalized spacial score (nSPS) is 8.31. The third kappa shape index (κ3) is 3.78. The van der Waals surface area contributed by atoms with Crippen molar-refractivity contribution >= 4 is 18.0 Å². The van der Waals surface area contributed by atoms with Crippen LogP contribution >= 0.6 is 0 Å². The molecule has 5 heteroatoms. The number of rotatable bonds is 2. The van der Waals surface area contributed by atoms with E-state index in [1.165, 1.54) is 12.1 Å². The van der Waals surface area contributed by atoms with Gasteiger partial charge in [0.05, 0.1) is 5.91 Å². The van der Waals surface area contributed by atoms with Crippen LogP contribution in [0, 0.1) is 13.0 Å². The molecule has 1 aromatic heterocycles. The van der Waals surface area contributed by atoms with Crippen molar-refractivity contribution in [3.8, 4) is 0 Å². The third-order valence-corrected chi connectivity index (χ3v) is 1.09. The van der Waals surface area contributed by atoms with Crippen LogP contribution in [0.15, 0.2) is 12.1 Å². The van der Waals surface area contributed by atoms with Gasteiger partial charge in [0.25, 0.3) is 0 Å². The van der Waals surface area contributed by atoms with Gasteiger partial charge in [-0.3, -0.25) is 9.78 Å². The van der Waals surface area contributed by atoms with E-state index < -0.39 is 5.91 Å². The second-order valence-electron chi connectivity index (χ2n) is 2.03. The molecule has 13 heavy (non-hydrogen) atoms. The van der Waals surface area contributed by atoms with E-state index >= 15 is 0 Å². The summed E-state index contributed by atoms with van der Waals surface area (Å²) in [7, 11) is 0. The van der Waals surface area contributed by atoms with E-state index in [4.69, 9.17) is 0 Å². The van der Waals surface area contributed by atoms with E-state index in [-0.39, 0.29) is 30.1 Å². The Hall–Kier alpha value is -1.26. The molecule has 1 radical (unpaired) electrons. The number of aromatic nitrogens is 1. The summed E-state index contributed by atoms with van der Waals surface area (Å²) in [6.07, 6.45) is 0.590. The molecular formula is C8H6N2O2V. The quantitative estimate of drug-likeness (QED) is 0.573. The topological polar surface area (TPSA) is 59.1 Å². The Balaban J connectivity index is 0.00000144. The molecule has 65 valence electrons. The molecule has 0 spiro atoms. The minimum atomic E-state index is -0.484. The fraction of sp³-hybridized carbons (Fsp3) is 0. The number of amides is 1. The molecule has 1 amide bonds. The van der Waals surface area contributed by atoms with Crippen molar-refractivity contribution in [1.29, 1.82) is 0 Å². The van der Waals surface area contributed by atoms with Gasteiger partial charge in [0, 0.05) is 11.5 Å². The smallest absolute Gasteiger partial charge is 0.352 e. The molecule has 0 aliphatic rings. The van der Waals surface area contributed by atoms with E-state index in [1.54, 1.807) is 0 Å². The number of carbonyl (C=O) groups excluding carboxylic acids is 2. The molecule has 0 aromatic carbocycles. The number of nitrogens with one attached hydrogen (secondary N) is 1. The van der Waals surface area contributed by atoms with Gasteiger partial charge in [-0.1, -0.05) is 0 Å². The molecule has 0 saturated heterocycles. The van der Waals surface area contributed by atoms with Gasteiger partial charge < -0.3 is 17.0 Å². The fourth-order valence-electron chi connectivity index (χ4n) is 0.666. The van der Waals surface area contributed by atoms with Crippen LogP contribution in [-0.2, 0) is 23.4 Å². The molecule has 0 atom stereocenters. The van der Waals surface area contributed by atoms with Gasteiger partial charge in [-0.2, -0.15) is 6.07 Å². The number of anilines is 1. The molecule has 0 saturated carbocycles. The van der Waals surface area contributed by atoms with E-state index in [9.17, 15) is 9.59 Å². The van der Waals surface area contributed by atoms with Crippen LogP contribution in [0.3, 0.4) is 0 Å². The van der Waals surface area contributed by atoms with Crippen LogP contribution in [-0.4, -0.2) is 17.2 Å². The van der Waals surface area contributed by atoms with E-state index in [0.29, 0.717) is 6.29 Å². The molecular weight excluding hydrogens is 207 g/mol. The number of hydrogen-bond acceptors (Lipinski definition) is 3. The van der Waals surface area contributed by atoms with Gasteiger partial charge in [0.15, 0.2) is 0 Å². The zero-order valence-corrected chi connectivity index (χ0v) is 8.05.